The highest BCUT2D eigenvalue weighted by Crippen LogP contribution is 2.18. The van der Waals surface area contributed by atoms with Crippen molar-refractivity contribution >= 4 is 5.97 Å². The molecule has 1 heterocycles. The maximum Gasteiger partial charge on any atom is 0.329 e. The molecule has 18 heavy (non-hydrogen) atoms. The van der Waals surface area contributed by atoms with Crippen molar-refractivity contribution in [3.8, 4) is 0 Å². The fourth-order valence-corrected chi connectivity index (χ4v) is 2.77. The molecule has 1 aliphatic rings. The van der Waals surface area contributed by atoms with Gasteiger partial charge in [0, 0.05) is 19.6 Å². The van der Waals surface area contributed by atoms with Gasteiger partial charge in [0.1, 0.15) is 6.61 Å². The number of rotatable bonds is 7. The molecule has 1 atom stereocenters. The first-order chi connectivity index (χ1) is 8.47. The number of carboxylic acids is 1. The van der Waals surface area contributed by atoms with Crippen LogP contribution in [-0.2, 0) is 9.53 Å². The molecule has 0 amide bonds. The zero-order valence-corrected chi connectivity index (χ0v) is 11.9. The molecule has 1 aliphatic heterocycles. The van der Waals surface area contributed by atoms with E-state index in [1.54, 1.807) is 0 Å². The van der Waals surface area contributed by atoms with E-state index in [1.807, 2.05) is 0 Å². The van der Waals surface area contributed by atoms with Crippen LogP contribution >= 0.6 is 0 Å². The van der Waals surface area contributed by atoms with Gasteiger partial charge >= 0.3 is 5.97 Å². The van der Waals surface area contributed by atoms with Crippen LogP contribution in [0.5, 0.6) is 0 Å². The molecular weight excluding hydrogens is 230 g/mol. The van der Waals surface area contributed by atoms with Gasteiger partial charge < -0.3 is 14.7 Å². The Morgan fingerprint density at radius 1 is 1.33 bits per heavy atom. The Morgan fingerprint density at radius 2 is 1.94 bits per heavy atom. The Bertz CT molecular complexity index is 247. The summed E-state index contributed by atoms with van der Waals surface area (Å²) in [6, 6.07) is 0. The highest BCUT2D eigenvalue weighted by molar-refractivity contribution is 5.68. The van der Waals surface area contributed by atoms with Gasteiger partial charge in [-0.1, -0.05) is 20.8 Å². The monoisotopic (exact) mass is 257 g/mol. The normalized spacial score (nSPS) is 20.2. The van der Waals surface area contributed by atoms with Crippen molar-refractivity contribution in [2.75, 3.05) is 26.2 Å². The molecule has 1 rings (SSSR count). The molecule has 0 aromatic heterocycles. The molecule has 1 fully saturated rings. The number of nitrogens with zero attached hydrogens (tertiary/aromatic N) is 1. The van der Waals surface area contributed by atoms with Gasteiger partial charge in [-0.3, -0.25) is 0 Å². The van der Waals surface area contributed by atoms with Gasteiger partial charge in [0.05, 0.1) is 6.10 Å². The standard InChI is InChI=1S/C14H27NO3/c1-11(2)8-12(3)9-15-6-4-13(5-7-15)18-10-14(16)17/h11-13H,4-10H2,1-3H3,(H,16,17). The molecule has 0 aliphatic carbocycles. The Kier molecular flexibility index (Phi) is 6.65. The summed E-state index contributed by atoms with van der Waals surface area (Å²) in [5.74, 6) is 0.626. The molecule has 0 bridgehead atoms. The van der Waals surface area contributed by atoms with E-state index in [1.165, 1.54) is 6.42 Å². The third-order valence-corrected chi connectivity index (χ3v) is 3.42. The predicted molar refractivity (Wildman–Crippen MR) is 71.7 cm³/mol. The van der Waals surface area contributed by atoms with Crippen molar-refractivity contribution in [1.29, 1.82) is 0 Å². The van der Waals surface area contributed by atoms with Gasteiger partial charge in [-0.2, -0.15) is 0 Å². The van der Waals surface area contributed by atoms with E-state index in [0.29, 0.717) is 0 Å². The Hall–Kier alpha value is -0.610. The van der Waals surface area contributed by atoms with E-state index in [-0.39, 0.29) is 12.7 Å². The minimum Gasteiger partial charge on any atom is -0.480 e. The molecule has 4 heteroatoms. The van der Waals surface area contributed by atoms with Crippen molar-refractivity contribution in [3.05, 3.63) is 0 Å². The summed E-state index contributed by atoms with van der Waals surface area (Å²) in [7, 11) is 0. The van der Waals surface area contributed by atoms with E-state index in [9.17, 15) is 4.79 Å². The van der Waals surface area contributed by atoms with Gasteiger partial charge in [-0.15, -0.1) is 0 Å². The first-order valence-corrected chi connectivity index (χ1v) is 7.03. The predicted octanol–water partition coefficient (Wildman–Crippen LogP) is 2.23. The van der Waals surface area contributed by atoms with Crippen LogP contribution in [0.3, 0.4) is 0 Å². The lowest BCUT2D eigenvalue weighted by Gasteiger charge is -2.33. The van der Waals surface area contributed by atoms with Crippen LogP contribution in [0.15, 0.2) is 0 Å². The van der Waals surface area contributed by atoms with Crippen LogP contribution in [0.4, 0.5) is 0 Å². The zero-order valence-electron chi connectivity index (χ0n) is 11.9. The van der Waals surface area contributed by atoms with Crippen molar-refractivity contribution in [3.63, 3.8) is 0 Å². The number of likely N-dealkylation sites (tertiary alicyclic amines) is 1. The minimum atomic E-state index is -0.872. The van der Waals surface area contributed by atoms with Gasteiger partial charge in [0.15, 0.2) is 0 Å². The molecule has 106 valence electrons. The third kappa shape index (κ3) is 6.36. The summed E-state index contributed by atoms with van der Waals surface area (Å²) in [4.78, 5) is 12.9. The second kappa shape index (κ2) is 7.74. The number of carbonyl (C=O) groups is 1. The molecule has 0 aromatic carbocycles. The van der Waals surface area contributed by atoms with Crippen LogP contribution in [-0.4, -0.2) is 48.3 Å². The molecule has 1 saturated heterocycles. The summed E-state index contributed by atoms with van der Waals surface area (Å²) in [5, 5.41) is 8.56. The van der Waals surface area contributed by atoms with Crippen LogP contribution in [0, 0.1) is 11.8 Å². The summed E-state index contributed by atoms with van der Waals surface area (Å²) >= 11 is 0. The van der Waals surface area contributed by atoms with Gasteiger partial charge in [-0.05, 0) is 31.1 Å². The Balaban J connectivity index is 2.16. The van der Waals surface area contributed by atoms with Crippen LogP contribution in [0.25, 0.3) is 0 Å². The first kappa shape index (κ1) is 15.4. The number of hydrogen-bond acceptors (Lipinski definition) is 3. The number of piperidine rings is 1. The average molecular weight is 257 g/mol. The fraction of sp³-hybridized carbons (Fsp3) is 0.929. The van der Waals surface area contributed by atoms with E-state index in [2.05, 4.69) is 25.7 Å². The van der Waals surface area contributed by atoms with Crippen molar-refractivity contribution in [2.24, 2.45) is 11.8 Å². The molecule has 1 unspecified atom stereocenters. The van der Waals surface area contributed by atoms with Crippen molar-refractivity contribution < 1.29 is 14.6 Å². The van der Waals surface area contributed by atoms with Gasteiger partial charge in [-0.25, -0.2) is 4.79 Å². The summed E-state index contributed by atoms with van der Waals surface area (Å²) in [6.45, 7) is 9.91. The Morgan fingerprint density at radius 3 is 2.44 bits per heavy atom. The molecule has 0 radical (unpaired) electrons. The van der Waals surface area contributed by atoms with E-state index < -0.39 is 5.97 Å². The second-order valence-corrected chi connectivity index (χ2v) is 5.94. The van der Waals surface area contributed by atoms with Crippen LogP contribution < -0.4 is 0 Å². The fourth-order valence-electron chi connectivity index (χ4n) is 2.77. The highest BCUT2D eigenvalue weighted by atomic mass is 16.5. The topological polar surface area (TPSA) is 49.8 Å². The highest BCUT2D eigenvalue weighted by Gasteiger charge is 2.21. The van der Waals surface area contributed by atoms with Crippen molar-refractivity contribution in [2.45, 2.75) is 46.1 Å². The number of carboxylic acid groups (broad SMARTS) is 1. The molecule has 0 spiro atoms. The van der Waals surface area contributed by atoms with Crippen molar-refractivity contribution in [1.82, 2.24) is 4.90 Å². The number of ether oxygens (including phenoxy) is 1. The largest absolute Gasteiger partial charge is 0.480 e. The Labute approximate surface area is 110 Å². The molecule has 1 N–H and O–H groups in total. The van der Waals surface area contributed by atoms with E-state index >= 15 is 0 Å². The summed E-state index contributed by atoms with van der Waals surface area (Å²) in [5.41, 5.74) is 0. The summed E-state index contributed by atoms with van der Waals surface area (Å²) < 4.78 is 5.34. The van der Waals surface area contributed by atoms with E-state index in [4.69, 9.17) is 9.84 Å². The molecule has 0 saturated carbocycles. The minimum absolute atomic E-state index is 0.137. The quantitative estimate of drug-likeness (QED) is 0.760. The van der Waals surface area contributed by atoms with Gasteiger partial charge in [0.2, 0.25) is 0 Å². The number of aliphatic carboxylic acids is 1. The first-order valence-electron chi connectivity index (χ1n) is 7.03. The average Bonchev–Trinajstić information content (AvgIpc) is 2.26. The maximum absolute atomic E-state index is 10.4. The second-order valence-electron chi connectivity index (χ2n) is 5.94. The zero-order chi connectivity index (χ0) is 13.5. The number of hydrogen-bond donors (Lipinski definition) is 1. The third-order valence-electron chi connectivity index (χ3n) is 3.42. The van der Waals surface area contributed by atoms with Crippen LogP contribution in [0.2, 0.25) is 0 Å². The lowest BCUT2D eigenvalue weighted by Crippen LogP contribution is -2.39. The molecule has 4 nitrogen and oxygen atoms in total. The van der Waals surface area contributed by atoms with Gasteiger partial charge in [0.25, 0.3) is 0 Å². The molecular formula is C14H27NO3. The smallest absolute Gasteiger partial charge is 0.329 e. The van der Waals surface area contributed by atoms with E-state index in [0.717, 1.165) is 44.3 Å². The van der Waals surface area contributed by atoms with Crippen LogP contribution in [0.1, 0.15) is 40.0 Å². The molecule has 0 aromatic rings. The maximum atomic E-state index is 10.4. The lowest BCUT2D eigenvalue weighted by atomic mass is 9.97. The SMILES string of the molecule is CC(C)CC(C)CN1CCC(OCC(=O)O)CC1. The lowest BCUT2D eigenvalue weighted by molar-refractivity contribution is -0.145. The summed E-state index contributed by atoms with van der Waals surface area (Å²) in [6.07, 6.45) is 3.33.